The highest BCUT2D eigenvalue weighted by Crippen LogP contribution is 2.27. The molecule has 0 saturated carbocycles. The largest absolute Gasteiger partial charge is 0.497 e. The summed E-state index contributed by atoms with van der Waals surface area (Å²) in [7, 11) is 4.93. The fourth-order valence-corrected chi connectivity index (χ4v) is 3.36. The summed E-state index contributed by atoms with van der Waals surface area (Å²) in [5.74, 6) is 2.22. The molecular formula is C28H40N2O5. The van der Waals surface area contributed by atoms with E-state index in [0.29, 0.717) is 6.61 Å². The number of hydrogen-bond donors (Lipinski definition) is 1. The molecule has 1 saturated heterocycles. The number of nitrogens with zero attached hydrogens (tertiary/aromatic N) is 1. The Morgan fingerprint density at radius 2 is 1.63 bits per heavy atom. The van der Waals surface area contributed by atoms with Gasteiger partial charge in [0.2, 0.25) is 0 Å². The zero-order chi connectivity index (χ0) is 25.3. The van der Waals surface area contributed by atoms with Crippen LogP contribution in [0.15, 0.2) is 49.1 Å². The fourth-order valence-electron chi connectivity index (χ4n) is 3.36. The molecule has 192 valence electrons. The molecule has 1 aliphatic rings. The van der Waals surface area contributed by atoms with Gasteiger partial charge in [-0.3, -0.25) is 15.2 Å². The lowest BCUT2D eigenvalue weighted by Gasteiger charge is -2.26. The molecule has 2 aromatic rings. The van der Waals surface area contributed by atoms with Gasteiger partial charge in [0.1, 0.15) is 22.9 Å². The van der Waals surface area contributed by atoms with E-state index >= 15 is 0 Å². The molecular weight excluding hydrogens is 444 g/mol. The third-order valence-electron chi connectivity index (χ3n) is 5.35. The SMILES string of the molecule is C=CCCC.COc1cc(/C=C\c2ccc(OC)c(NOCCN3CCOCC3)c2)cc(OC)c1. The van der Waals surface area contributed by atoms with Crippen LogP contribution in [-0.2, 0) is 9.57 Å². The van der Waals surface area contributed by atoms with Crippen molar-refractivity contribution in [2.45, 2.75) is 19.8 Å². The van der Waals surface area contributed by atoms with Gasteiger partial charge in [-0.15, -0.1) is 6.58 Å². The molecule has 0 aromatic heterocycles. The van der Waals surface area contributed by atoms with E-state index in [9.17, 15) is 0 Å². The van der Waals surface area contributed by atoms with Crippen LogP contribution in [-0.4, -0.2) is 65.7 Å². The normalized spacial score (nSPS) is 13.6. The number of unbranched alkanes of at least 4 members (excludes halogenated alkanes) is 1. The predicted molar refractivity (Wildman–Crippen MR) is 143 cm³/mol. The first-order chi connectivity index (χ1) is 17.1. The van der Waals surface area contributed by atoms with Gasteiger partial charge in [0.25, 0.3) is 0 Å². The molecule has 3 rings (SSSR count). The summed E-state index contributed by atoms with van der Waals surface area (Å²) in [6.45, 7) is 10.6. The van der Waals surface area contributed by atoms with Crippen molar-refractivity contribution in [1.29, 1.82) is 0 Å². The summed E-state index contributed by atoms with van der Waals surface area (Å²) in [4.78, 5) is 8.00. The monoisotopic (exact) mass is 484 g/mol. The average Bonchev–Trinajstić information content (AvgIpc) is 2.91. The van der Waals surface area contributed by atoms with Gasteiger partial charge in [0, 0.05) is 25.7 Å². The third kappa shape index (κ3) is 10.4. The Labute approximate surface area is 210 Å². The van der Waals surface area contributed by atoms with Crippen molar-refractivity contribution in [2.75, 3.05) is 66.3 Å². The maximum absolute atomic E-state index is 5.67. The molecule has 0 atom stereocenters. The topological polar surface area (TPSA) is 61.4 Å². The maximum Gasteiger partial charge on any atom is 0.144 e. The van der Waals surface area contributed by atoms with Gasteiger partial charge in [0.05, 0.1) is 41.2 Å². The number of hydrogen-bond acceptors (Lipinski definition) is 7. The molecule has 0 aliphatic carbocycles. The number of rotatable bonds is 12. The molecule has 7 heteroatoms. The van der Waals surface area contributed by atoms with E-state index in [0.717, 1.165) is 73.3 Å². The molecule has 0 spiro atoms. The van der Waals surface area contributed by atoms with Crippen molar-refractivity contribution in [1.82, 2.24) is 4.90 Å². The lowest BCUT2D eigenvalue weighted by molar-refractivity contribution is 0.0260. The Morgan fingerprint density at radius 1 is 0.943 bits per heavy atom. The molecule has 7 nitrogen and oxygen atoms in total. The molecule has 1 N–H and O–H groups in total. The van der Waals surface area contributed by atoms with Crippen molar-refractivity contribution in [3.63, 3.8) is 0 Å². The van der Waals surface area contributed by atoms with Crippen molar-refractivity contribution >= 4 is 17.8 Å². The number of nitrogens with one attached hydrogen (secondary N) is 1. The molecule has 0 radical (unpaired) electrons. The van der Waals surface area contributed by atoms with E-state index in [1.165, 1.54) is 6.42 Å². The van der Waals surface area contributed by atoms with Gasteiger partial charge in [-0.2, -0.15) is 0 Å². The van der Waals surface area contributed by atoms with Gasteiger partial charge in [-0.25, -0.2) is 0 Å². The highest BCUT2D eigenvalue weighted by atomic mass is 16.6. The zero-order valence-corrected chi connectivity index (χ0v) is 21.5. The van der Waals surface area contributed by atoms with Gasteiger partial charge in [-0.05, 0) is 41.8 Å². The van der Waals surface area contributed by atoms with Crippen LogP contribution in [0.1, 0.15) is 30.9 Å². The first kappa shape index (κ1) is 28.2. The van der Waals surface area contributed by atoms with Crippen LogP contribution in [0.25, 0.3) is 12.2 Å². The van der Waals surface area contributed by atoms with Crippen LogP contribution in [0.4, 0.5) is 5.69 Å². The number of morpholine rings is 1. The number of anilines is 1. The van der Waals surface area contributed by atoms with E-state index in [2.05, 4.69) is 23.9 Å². The molecule has 35 heavy (non-hydrogen) atoms. The van der Waals surface area contributed by atoms with Crippen LogP contribution in [0.2, 0.25) is 0 Å². The molecule has 0 unspecified atom stereocenters. The molecule has 2 aromatic carbocycles. The fraction of sp³-hybridized carbons (Fsp3) is 0.429. The van der Waals surface area contributed by atoms with Crippen LogP contribution >= 0.6 is 0 Å². The van der Waals surface area contributed by atoms with Crippen molar-refractivity contribution in [3.05, 3.63) is 60.2 Å². The number of ether oxygens (including phenoxy) is 4. The minimum absolute atomic E-state index is 0.576. The van der Waals surface area contributed by atoms with E-state index in [4.69, 9.17) is 23.8 Å². The smallest absolute Gasteiger partial charge is 0.144 e. The van der Waals surface area contributed by atoms with Gasteiger partial charge >= 0.3 is 0 Å². The molecule has 1 heterocycles. The van der Waals surface area contributed by atoms with Crippen molar-refractivity contribution in [2.24, 2.45) is 0 Å². The predicted octanol–water partition coefficient (Wildman–Crippen LogP) is 5.53. The van der Waals surface area contributed by atoms with Crippen LogP contribution in [0, 0.1) is 0 Å². The van der Waals surface area contributed by atoms with E-state index < -0.39 is 0 Å². The van der Waals surface area contributed by atoms with E-state index in [1.54, 1.807) is 21.3 Å². The Morgan fingerprint density at radius 3 is 2.20 bits per heavy atom. The first-order valence-electron chi connectivity index (χ1n) is 12.0. The third-order valence-corrected chi connectivity index (χ3v) is 5.35. The summed E-state index contributed by atoms with van der Waals surface area (Å²) in [5.41, 5.74) is 5.80. The summed E-state index contributed by atoms with van der Waals surface area (Å²) < 4.78 is 21.5. The lowest BCUT2D eigenvalue weighted by atomic mass is 10.1. The van der Waals surface area contributed by atoms with Gasteiger partial charge in [0.15, 0.2) is 0 Å². The molecule has 1 aliphatic heterocycles. The number of benzene rings is 2. The second-order valence-corrected chi connectivity index (χ2v) is 7.92. The minimum atomic E-state index is 0.576. The number of methoxy groups -OCH3 is 3. The van der Waals surface area contributed by atoms with Crippen LogP contribution < -0.4 is 19.7 Å². The van der Waals surface area contributed by atoms with Crippen molar-refractivity contribution in [3.8, 4) is 17.2 Å². The van der Waals surface area contributed by atoms with Gasteiger partial charge < -0.3 is 18.9 Å². The summed E-state index contributed by atoms with van der Waals surface area (Å²) in [5, 5.41) is 0. The number of allylic oxidation sites excluding steroid dienone is 1. The summed E-state index contributed by atoms with van der Waals surface area (Å²) in [6, 6.07) is 11.7. The van der Waals surface area contributed by atoms with Crippen molar-refractivity contribution < 1.29 is 23.8 Å². The second-order valence-electron chi connectivity index (χ2n) is 7.92. The first-order valence-corrected chi connectivity index (χ1v) is 12.0. The zero-order valence-electron chi connectivity index (χ0n) is 21.5. The Bertz CT molecular complexity index is 888. The quantitative estimate of drug-likeness (QED) is 0.184. The molecule has 0 amide bonds. The molecule has 0 bridgehead atoms. The Hall–Kier alpha value is -3.00. The Balaban J connectivity index is 0.000000784. The minimum Gasteiger partial charge on any atom is -0.497 e. The summed E-state index contributed by atoms with van der Waals surface area (Å²) in [6.07, 6.45) is 8.34. The van der Waals surface area contributed by atoms with Crippen LogP contribution in [0.5, 0.6) is 17.2 Å². The van der Waals surface area contributed by atoms with Crippen LogP contribution in [0.3, 0.4) is 0 Å². The highest BCUT2D eigenvalue weighted by molar-refractivity contribution is 5.74. The van der Waals surface area contributed by atoms with Gasteiger partial charge in [-0.1, -0.05) is 37.6 Å². The standard InChI is InChI=1S/C23H30N2O5.C5H10/c1-26-20-14-19(15-21(17-20)27-2)5-4-18-6-7-23(28-3)22(16-18)24-30-13-10-25-8-11-29-12-9-25;1-3-5-4-2/h4-7,14-17,24H,8-13H2,1-3H3;3H,1,4-5H2,2H3/b5-4-;. The second kappa shape index (κ2) is 16.6. The molecule has 1 fully saturated rings. The Kier molecular flexibility index (Phi) is 13.4. The lowest BCUT2D eigenvalue weighted by Crippen LogP contribution is -2.38. The highest BCUT2D eigenvalue weighted by Gasteiger charge is 2.10. The average molecular weight is 485 g/mol. The van der Waals surface area contributed by atoms with E-state index in [-0.39, 0.29) is 0 Å². The maximum atomic E-state index is 5.67. The van der Waals surface area contributed by atoms with E-state index in [1.807, 2.05) is 54.6 Å². The summed E-state index contributed by atoms with van der Waals surface area (Å²) >= 11 is 0.